The van der Waals surface area contributed by atoms with Crippen molar-refractivity contribution in [1.29, 1.82) is 0 Å². The van der Waals surface area contributed by atoms with Crippen molar-refractivity contribution in [2.45, 2.75) is 82.5 Å². The zero-order valence-corrected chi connectivity index (χ0v) is 26.1. The number of methoxy groups -OCH3 is 1. The molecule has 5 atom stereocenters. The topological polar surface area (TPSA) is 88.4 Å². The van der Waals surface area contributed by atoms with Gasteiger partial charge in [0.25, 0.3) is 0 Å². The molecular weight excluding hydrogens is 547 g/mol. The van der Waals surface area contributed by atoms with E-state index in [1.165, 1.54) is 19.2 Å². The van der Waals surface area contributed by atoms with Crippen LogP contribution in [0, 0.1) is 12.7 Å². The summed E-state index contributed by atoms with van der Waals surface area (Å²) in [7, 11) is -0.748. The fraction of sp³-hybridized carbons (Fsp3) is 0.484. The van der Waals surface area contributed by atoms with Crippen molar-refractivity contribution in [1.82, 2.24) is 0 Å². The second-order valence-electron chi connectivity index (χ2n) is 12.1. The molecule has 40 heavy (non-hydrogen) atoms. The van der Waals surface area contributed by atoms with E-state index >= 15 is 0 Å². The summed E-state index contributed by atoms with van der Waals surface area (Å²) in [5.41, 5.74) is 3.56. The van der Waals surface area contributed by atoms with Crippen molar-refractivity contribution in [3.05, 3.63) is 82.0 Å². The fourth-order valence-corrected chi connectivity index (χ4v) is 6.72. The van der Waals surface area contributed by atoms with Crippen molar-refractivity contribution in [2.75, 3.05) is 13.7 Å². The van der Waals surface area contributed by atoms with Crippen LogP contribution in [0.25, 0.3) is 10.4 Å². The SMILES string of the molecule is CO[C@@]1(c2ccc(C)c(Cc3ccc(-c4ccc(F)cc4)s3)c2)O[C@H](CO[Si](C)(C)C(C)(C)C)[C@@H](O)[C@H](O)[C@H]1O. The van der Waals surface area contributed by atoms with E-state index in [4.69, 9.17) is 13.9 Å². The maximum absolute atomic E-state index is 13.4. The first kappa shape index (κ1) is 31.0. The molecule has 0 radical (unpaired) electrons. The van der Waals surface area contributed by atoms with Crippen molar-refractivity contribution in [3.8, 4) is 10.4 Å². The van der Waals surface area contributed by atoms with Gasteiger partial charge in [-0.05, 0) is 72.1 Å². The molecule has 3 N–H and O–H groups in total. The molecule has 3 aromatic rings. The Hall–Kier alpha value is -1.95. The predicted molar refractivity (Wildman–Crippen MR) is 158 cm³/mol. The third-order valence-corrected chi connectivity index (χ3v) is 14.0. The highest BCUT2D eigenvalue weighted by Gasteiger charge is 2.55. The first-order valence-electron chi connectivity index (χ1n) is 13.5. The van der Waals surface area contributed by atoms with E-state index in [0.29, 0.717) is 12.0 Å². The molecule has 218 valence electrons. The Balaban J connectivity index is 1.61. The van der Waals surface area contributed by atoms with Gasteiger partial charge in [-0.2, -0.15) is 0 Å². The highest BCUT2D eigenvalue weighted by atomic mass is 32.1. The zero-order valence-electron chi connectivity index (χ0n) is 24.3. The number of aryl methyl sites for hydroxylation is 1. The van der Waals surface area contributed by atoms with Crippen LogP contribution in [-0.2, 0) is 26.1 Å². The lowest BCUT2D eigenvalue weighted by Gasteiger charge is -2.49. The zero-order chi connectivity index (χ0) is 29.5. The molecule has 1 aliphatic rings. The van der Waals surface area contributed by atoms with Crippen LogP contribution in [0.5, 0.6) is 0 Å². The summed E-state index contributed by atoms with van der Waals surface area (Å²) in [6, 6.07) is 16.2. The minimum absolute atomic E-state index is 0.0483. The maximum atomic E-state index is 13.4. The number of halogens is 1. The van der Waals surface area contributed by atoms with Crippen LogP contribution in [0.15, 0.2) is 54.6 Å². The second-order valence-corrected chi connectivity index (χ2v) is 18.1. The molecule has 4 rings (SSSR count). The molecule has 1 aromatic heterocycles. The van der Waals surface area contributed by atoms with Crippen LogP contribution in [0.3, 0.4) is 0 Å². The lowest BCUT2D eigenvalue weighted by molar-refractivity contribution is -0.365. The van der Waals surface area contributed by atoms with Gasteiger partial charge >= 0.3 is 0 Å². The van der Waals surface area contributed by atoms with Crippen LogP contribution in [0.4, 0.5) is 4.39 Å². The number of ether oxygens (including phenoxy) is 2. The molecule has 0 spiro atoms. The summed E-state index contributed by atoms with van der Waals surface area (Å²) >= 11 is 1.63. The lowest BCUT2D eigenvalue weighted by atomic mass is 9.86. The molecule has 9 heteroatoms. The molecule has 0 bridgehead atoms. The van der Waals surface area contributed by atoms with E-state index < -0.39 is 38.5 Å². The number of aliphatic hydroxyl groups is 3. The van der Waals surface area contributed by atoms with Gasteiger partial charge in [0, 0.05) is 28.8 Å². The van der Waals surface area contributed by atoms with Crippen LogP contribution in [-0.4, -0.2) is 61.8 Å². The molecular formula is C31H41FO6SSi. The van der Waals surface area contributed by atoms with Gasteiger partial charge in [-0.25, -0.2) is 4.39 Å². The van der Waals surface area contributed by atoms with E-state index in [0.717, 1.165) is 26.4 Å². The van der Waals surface area contributed by atoms with Crippen molar-refractivity contribution >= 4 is 19.7 Å². The average molecular weight is 589 g/mol. The van der Waals surface area contributed by atoms with E-state index in [1.807, 2.05) is 31.2 Å². The van der Waals surface area contributed by atoms with E-state index in [9.17, 15) is 19.7 Å². The second kappa shape index (κ2) is 11.7. The van der Waals surface area contributed by atoms with Gasteiger partial charge in [0.15, 0.2) is 8.32 Å². The minimum Gasteiger partial charge on any atom is -0.414 e. The summed E-state index contributed by atoms with van der Waals surface area (Å²) in [6.45, 7) is 12.7. The number of hydrogen-bond donors (Lipinski definition) is 3. The van der Waals surface area contributed by atoms with Crippen LogP contribution < -0.4 is 0 Å². The monoisotopic (exact) mass is 588 g/mol. The quantitative estimate of drug-likeness (QED) is 0.290. The molecule has 0 saturated carbocycles. The molecule has 1 aliphatic heterocycles. The maximum Gasteiger partial charge on any atom is 0.224 e. The van der Waals surface area contributed by atoms with Crippen LogP contribution in [0.2, 0.25) is 18.1 Å². The Morgan fingerprint density at radius 3 is 2.30 bits per heavy atom. The molecule has 2 heterocycles. The molecule has 0 aliphatic carbocycles. The number of benzene rings is 2. The molecule has 1 saturated heterocycles. The summed E-state index contributed by atoms with van der Waals surface area (Å²) < 4.78 is 31.8. The Morgan fingerprint density at radius 2 is 1.68 bits per heavy atom. The standard InChI is InChI=1S/C31H41FO6SSi/c1-19-8-11-22(16-21(19)17-24-14-15-26(39-24)20-9-12-23(32)13-10-20)31(36-5)29(35)28(34)27(33)25(38-31)18-37-40(6,7)30(2,3)4/h8-16,25,27-29,33-35H,17-18H2,1-7H3/t25-,27-,28+,29-,31+/m1/s1. The number of aliphatic hydroxyl groups excluding tert-OH is 3. The molecule has 0 unspecified atom stereocenters. The highest BCUT2D eigenvalue weighted by Crippen LogP contribution is 2.42. The molecule has 0 amide bonds. The number of rotatable bonds is 8. The number of thiophene rings is 1. The Labute approximate surface area is 241 Å². The Morgan fingerprint density at radius 1 is 1.00 bits per heavy atom. The highest BCUT2D eigenvalue weighted by molar-refractivity contribution is 7.15. The molecule has 1 fully saturated rings. The third-order valence-electron chi connectivity index (χ3n) is 8.39. The molecule has 6 nitrogen and oxygen atoms in total. The van der Waals surface area contributed by atoms with E-state index in [-0.39, 0.29) is 17.5 Å². The van der Waals surface area contributed by atoms with Crippen LogP contribution in [0.1, 0.15) is 42.3 Å². The Bertz CT molecular complexity index is 1300. The summed E-state index contributed by atoms with van der Waals surface area (Å²) in [5.74, 6) is -1.96. The fourth-order valence-electron chi connectivity index (χ4n) is 4.67. The first-order chi connectivity index (χ1) is 18.7. The van der Waals surface area contributed by atoms with Gasteiger partial charge in [-0.15, -0.1) is 11.3 Å². The van der Waals surface area contributed by atoms with Gasteiger partial charge in [0.05, 0.1) is 6.61 Å². The first-order valence-corrected chi connectivity index (χ1v) is 17.3. The van der Waals surface area contributed by atoms with Gasteiger partial charge in [0.1, 0.15) is 30.2 Å². The largest absolute Gasteiger partial charge is 0.414 e. The van der Waals surface area contributed by atoms with Crippen LogP contribution >= 0.6 is 11.3 Å². The Kier molecular flexibility index (Phi) is 9.09. The van der Waals surface area contributed by atoms with E-state index in [2.05, 4.69) is 39.9 Å². The molecule has 2 aromatic carbocycles. The predicted octanol–water partition coefficient (Wildman–Crippen LogP) is 5.76. The summed E-state index contributed by atoms with van der Waals surface area (Å²) in [4.78, 5) is 2.16. The van der Waals surface area contributed by atoms with Crippen molar-refractivity contribution in [2.24, 2.45) is 0 Å². The number of hydrogen-bond acceptors (Lipinski definition) is 7. The van der Waals surface area contributed by atoms with Crippen molar-refractivity contribution in [3.63, 3.8) is 0 Å². The van der Waals surface area contributed by atoms with Gasteiger partial charge in [0.2, 0.25) is 5.79 Å². The van der Waals surface area contributed by atoms with Gasteiger partial charge in [-0.3, -0.25) is 0 Å². The van der Waals surface area contributed by atoms with Gasteiger partial charge < -0.3 is 29.2 Å². The smallest absolute Gasteiger partial charge is 0.224 e. The summed E-state index contributed by atoms with van der Waals surface area (Å²) in [6.07, 6.45) is -4.65. The minimum atomic E-state index is -2.17. The lowest BCUT2D eigenvalue weighted by Crippen LogP contribution is -2.64. The third kappa shape index (κ3) is 6.12. The summed E-state index contributed by atoms with van der Waals surface area (Å²) in [5, 5.41) is 32.8. The average Bonchev–Trinajstić information content (AvgIpc) is 3.37. The normalized spacial score (nSPS) is 25.8. The van der Waals surface area contributed by atoms with Gasteiger partial charge in [-0.1, -0.05) is 45.0 Å². The van der Waals surface area contributed by atoms with E-state index in [1.54, 1.807) is 23.5 Å². The van der Waals surface area contributed by atoms with Crippen molar-refractivity contribution < 1.29 is 33.6 Å².